The predicted molar refractivity (Wildman–Crippen MR) is 101 cm³/mol. The number of hydrogen-bond donors (Lipinski definition) is 0. The molecule has 1 aromatic heterocycles. The molecule has 1 aromatic rings. The molecule has 3 rings (SSSR count). The topological polar surface area (TPSA) is 25.8 Å². The molecular formula is C21H29ClN2. The lowest BCUT2D eigenvalue weighted by molar-refractivity contribution is 0.362. The number of rotatable bonds is 4. The maximum atomic E-state index is 5.70. The molecule has 0 unspecified atom stereocenters. The molecule has 0 aromatic carbocycles. The quantitative estimate of drug-likeness (QED) is 0.594. The van der Waals surface area contributed by atoms with Gasteiger partial charge in [-0.05, 0) is 81.6 Å². The van der Waals surface area contributed by atoms with Crippen LogP contribution in [0.2, 0.25) is 0 Å². The van der Waals surface area contributed by atoms with E-state index in [2.05, 4.69) is 37.5 Å². The van der Waals surface area contributed by atoms with E-state index < -0.39 is 0 Å². The van der Waals surface area contributed by atoms with Crippen molar-refractivity contribution in [2.45, 2.75) is 70.1 Å². The van der Waals surface area contributed by atoms with Gasteiger partial charge >= 0.3 is 0 Å². The van der Waals surface area contributed by atoms with Crippen molar-refractivity contribution in [1.29, 1.82) is 0 Å². The zero-order chi connectivity index (χ0) is 16.8. The van der Waals surface area contributed by atoms with Crippen LogP contribution in [0.1, 0.15) is 81.5 Å². The third-order valence-corrected chi connectivity index (χ3v) is 6.03. The Morgan fingerprint density at radius 2 is 1.38 bits per heavy atom. The van der Waals surface area contributed by atoms with Gasteiger partial charge in [-0.2, -0.15) is 0 Å². The summed E-state index contributed by atoms with van der Waals surface area (Å²) in [6.07, 6.45) is 20.8. The van der Waals surface area contributed by atoms with Gasteiger partial charge in [-0.1, -0.05) is 29.8 Å². The standard InChI is InChI=1S/C21H29ClN2/c1-2-3-16-4-8-18(9-5-16)20-14-23-21(24-15-20)19-10-6-17(7-11-19)12-13-22/h2-3,12-19H,4-11H2,1H3. The third-order valence-electron chi connectivity index (χ3n) is 5.88. The Balaban J connectivity index is 1.54. The fourth-order valence-corrected chi connectivity index (χ4v) is 4.57. The number of nitrogens with zero attached hydrogens (tertiary/aromatic N) is 2. The molecule has 0 aliphatic heterocycles. The second-order valence-corrected chi connectivity index (χ2v) is 7.69. The predicted octanol–water partition coefficient (Wildman–Crippen LogP) is 6.35. The fourth-order valence-electron chi connectivity index (χ4n) is 4.36. The first-order valence-corrected chi connectivity index (χ1v) is 9.95. The molecule has 0 atom stereocenters. The number of allylic oxidation sites excluding steroid dienone is 3. The number of hydrogen-bond acceptors (Lipinski definition) is 2. The van der Waals surface area contributed by atoms with E-state index in [9.17, 15) is 0 Å². The molecule has 2 nitrogen and oxygen atoms in total. The van der Waals surface area contributed by atoms with E-state index >= 15 is 0 Å². The Bertz CT molecular complexity index is 497. The van der Waals surface area contributed by atoms with Crippen molar-refractivity contribution >= 4 is 11.6 Å². The van der Waals surface area contributed by atoms with Crippen LogP contribution >= 0.6 is 11.6 Å². The molecule has 0 amide bonds. The van der Waals surface area contributed by atoms with Crippen molar-refractivity contribution in [3.05, 3.63) is 47.5 Å². The average Bonchev–Trinajstić information content (AvgIpc) is 2.64. The van der Waals surface area contributed by atoms with E-state index in [1.807, 2.05) is 0 Å². The van der Waals surface area contributed by atoms with Gasteiger partial charge in [-0.15, -0.1) is 0 Å². The molecule has 2 aliphatic carbocycles. The van der Waals surface area contributed by atoms with E-state index in [1.54, 1.807) is 5.54 Å². The van der Waals surface area contributed by atoms with Crippen LogP contribution in [0.3, 0.4) is 0 Å². The Labute approximate surface area is 151 Å². The summed E-state index contributed by atoms with van der Waals surface area (Å²) in [6, 6.07) is 0. The van der Waals surface area contributed by atoms with Crippen LogP contribution in [0.5, 0.6) is 0 Å². The number of aromatic nitrogens is 2. The largest absolute Gasteiger partial charge is 0.241 e. The molecule has 0 N–H and O–H groups in total. The van der Waals surface area contributed by atoms with Crippen LogP contribution in [-0.4, -0.2) is 9.97 Å². The molecule has 0 bridgehead atoms. The fraction of sp³-hybridized carbons (Fsp3) is 0.619. The average molecular weight is 345 g/mol. The molecule has 1 heterocycles. The molecular weight excluding hydrogens is 316 g/mol. The lowest BCUT2D eigenvalue weighted by Gasteiger charge is -2.28. The molecule has 130 valence electrons. The van der Waals surface area contributed by atoms with Gasteiger partial charge in [-0.25, -0.2) is 9.97 Å². The van der Waals surface area contributed by atoms with Gasteiger partial charge in [0.05, 0.1) is 0 Å². The maximum absolute atomic E-state index is 5.70. The van der Waals surface area contributed by atoms with E-state index in [0.29, 0.717) is 17.8 Å². The number of halogens is 1. The second-order valence-electron chi connectivity index (χ2n) is 7.44. The second kappa shape index (κ2) is 8.80. The first-order valence-electron chi connectivity index (χ1n) is 9.51. The van der Waals surface area contributed by atoms with Gasteiger partial charge < -0.3 is 0 Å². The van der Waals surface area contributed by atoms with Crippen molar-refractivity contribution in [1.82, 2.24) is 9.97 Å². The lowest BCUT2D eigenvalue weighted by Crippen LogP contribution is -2.15. The summed E-state index contributed by atoms with van der Waals surface area (Å²) in [5.74, 6) is 3.67. The maximum Gasteiger partial charge on any atom is 0.131 e. The van der Waals surface area contributed by atoms with Crippen molar-refractivity contribution in [2.75, 3.05) is 0 Å². The van der Waals surface area contributed by atoms with Crippen LogP contribution in [-0.2, 0) is 0 Å². The minimum absolute atomic E-state index is 0.532. The van der Waals surface area contributed by atoms with Crippen LogP contribution in [0.25, 0.3) is 0 Å². The molecule has 2 aliphatic rings. The molecule has 0 saturated heterocycles. The Morgan fingerprint density at radius 3 is 1.92 bits per heavy atom. The van der Waals surface area contributed by atoms with Gasteiger partial charge in [0.25, 0.3) is 0 Å². The van der Waals surface area contributed by atoms with Crippen molar-refractivity contribution in [3.8, 4) is 0 Å². The van der Waals surface area contributed by atoms with E-state index in [0.717, 1.165) is 11.7 Å². The van der Waals surface area contributed by atoms with Gasteiger partial charge in [0, 0.05) is 23.8 Å². The third kappa shape index (κ3) is 4.47. The zero-order valence-electron chi connectivity index (χ0n) is 14.7. The summed E-state index contributed by atoms with van der Waals surface area (Å²) in [5, 5.41) is 0. The smallest absolute Gasteiger partial charge is 0.131 e. The van der Waals surface area contributed by atoms with Crippen LogP contribution in [0, 0.1) is 11.8 Å². The van der Waals surface area contributed by atoms with Gasteiger partial charge in [0.2, 0.25) is 0 Å². The van der Waals surface area contributed by atoms with Crippen LogP contribution in [0.4, 0.5) is 0 Å². The molecule has 2 saturated carbocycles. The zero-order valence-corrected chi connectivity index (χ0v) is 15.5. The Hall–Kier alpha value is -1.15. The normalized spacial score (nSPS) is 31.8. The van der Waals surface area contributed by atoms with Crippen LogP contribution in [0.15, 0.2) is 36.2 Å². The highest BCUT2D eigenvalue weighted by Gasteiger charge is 2.24. The summed E-state index contributed by atoms with van der Waals surface area (Å²) < 4.78 is 0. The minimum atomic E-state index is 0.532. The molecule has 3 heteroatoms. The Morgan fingerprint density at radius 1 is 0.833 bits per heavy atom. The highest BCUT2D eigenvalue weighted by atomic mass is 35.5. The summed E-state index contributed by atoms with van der Waals surface area (Å²) in [5.41, 5.74) is 3.01. The lowest BCUT2D eigenvalue weighted by atomic mass is 9.79. The van der Waals surface area contributed by atoms with Crippen molar-refractivity contribution in [3.63, 3.8) is 0 Å². The highest BCUT2D eigenvalue weighted by molar-refractivity contribution is 6.25. The van der Waals surface area contributed by atoms with Crippen LogP contribution < -0.4 is 0 Å². The first kappa shape index (κ1) is 17.7. The Kier molecular flexibility index (Phi) is 6.48. The SMILES string of the molecule is CC=CC1CCC(c2cnc(C3CCC(C=CCl)CC3)nc2)CC1. The molecule has 0 radical (unpaired) electrons. The van der Waals surface area contributed by atoms with Gasteiger partial charge in [-0.3, -0.25) is 0 Å². The highest BCUT2D eigenvalue weighted by Crippen LogP contribution is 2.37. The molecule has 2 fully saturated rings. The van der Waals surface area contributed by atoms with Gasteiger partial charge in [0.15, 0.2) is 0 Å². The van der Waals surface area contributed by atoms with E-state index in [1.165, 1.54) is 56.9 Å². The van der Waals surface area contributed by atoms with E-state index in [-0.39, 0.29) is 0 Å². The molecule has 0 spiro atoms. The van der Waals surface area contributed by atoms with Crippen molar-refractivity contribution < 1.29 is 0 Å². The summed E-state index contributed by atoms with van der Waals surface area (Å²) in [7, 11) is 0. The summed E-state index contributed by atoms with van der Waals surface area (Å²) in [6.45, 7) is 2.12. The van der Waals surface area contributed by atoms with Crippen molar-refractivity contribution in [2.24, 2.45) is 11.8 Å². The van der Waals surface area contributed by atoms with E-state index in [4.69, 9.17) is 21.6 Å². The van der Waals surface area contributed by atoms with Gasteiger partial charge in [0.1, 0.15) is 5.82 Å². The summed E-state index contributed by atoms with van der Waals surface area (Å²) in [4.78, 5) is 9.47. The first-order chi connectivity index (χ1) is 11.8. The molecule has 24 heavy (non-hydrogen) atoms. The monoisotopic (exact) mass is 344 g/mol. The minimum Gasteiger partial charge on any atom is -0.241 e. The summed E-state index contributed by atoms with van der Waals surface area (Å²) >= 11 is 5.70.